The van der Waals surface area contributed by atoms with Crippen molar-refractivity contribution in [3.05, 3.63) is 163 Å². The second kappa shape index (κ2) is 10.5. The molecule has 0 bridgehead atoms. The van der Waals surface area contributed by atoms with Crippen molar-refractivity contribution in [2.45, 2.75) is 6.92 Å². The van der Waals surface area contributed by atoms with Crippen molar-refractivity contribution in [2.24, 2.45) is 5.73 Å². The number of rotatable bonds is 5. The van der Waals surface area contributed by atoms with Gasteiger partial charge in [-0.1, -0.05) is 140 Å². The van der Waals surface area contributed by atoms with Gasteiger partial charge in [0.25, 0.3) is 0 Å². The van der Waals surface area contributed by atoms with Gasteiger partial charge in [0.1, 0.15) is 0 Å². The van der Waals surface area contributed by atoms with E-state index in [9.17, 15) is 0 Å². The second-order valence-electron chi connectivity index (χ2n) is 10.9. The molecule has 1 nitrogen and oxygen atoms in total. The highest BCUT2D eigenvalue weighted by Gasteiger charge is 2.17. The molecule has 42 heavy (non-hydrogen) atoms. The van der Waals surface area contributed by atoms with E-state index in [4.69, 9.17) is 5.73 Å². The van der Waals surface area contributed by atoms with Crippen LogP contribution in [-0.4, -0.2) is 0 Å². The standard InChI is InChI=1S/C41H31N/c1-3-27(2)41(42)30-22-19-29(20-23-30)32-13-10-14-33(25-32)39-35-15-6-8-17-37(35)40(38-18-9-7-16-36(38)39)34-24-21-28-11-4-5-12-31(28)26-34/h3-26H,1,42H2,2H3/b41-27-. The highest BCUT2D eigenvalue weighted by Crippen LogP contribution is 2.44. The maximum Gasteiger partial charge on any atom is 0.0417 e. The van der Waals surface area contributed by atoms with E-state index in [1.54, 1.807) is 6.08 Å². The fourth-order valence-electron chi connectivity index (χ4n) is 6.13. The van der Waals surface area contributed by atoms with Crippen molar-refractivity contribution in [1.82, 2.24) is 0 Å². The predicted octanol–water partition coefficient (Wildman–Crippen LogP) is 11.0. The van der Waals surface area contributed by atoms with Crippen LogP contribution in [0.15, 0.2) is 158 Å². The molecule has 0 fully saturated rings. The Morgan fingerprint density at radius 2 is 1.00 bits per heavy atom. The van der Waals surface area contributed by atoms with Gasteiger partial charge < -0.3 is 5.73 Å². The van der Waals surface area contributed by atoms with E-state index in [1.807, 2.05) is 6.92 Å². The number of hydrogen-bond donors (Lipinski definition) is 1. The number of fused-ring (bicyclic) bond motifs is 3. The molecule has 2 N–H and O–H groups in total. The van der Waals surface area contributed by atoms with Gasteiger partial charge in [0.15, 0.2) is 0 Å². The molecule has 0 spiro atoms. The van der Waals surface area contributed by atoms with Crippen LogP contribution in [0.5, 0.6) is 0 Å². The molecule has 0 aromatic heterocycles. The van der Waals surface area contributed by atoms with Crippen LogP contribution in [-0.2, 0) is 0 Å². The van der Waals surface area contributed by atoms with Gasteiger partial charge in [-0.2, -0.15) is 0 Å². The SMILES string of the molecule is C=C/C(C)=C(\N)c1ccc(-c2cccc(-c3c4ccccc4c(-c4ccc5ccccc5c4)c4ccccc34)c2)cc1. The molecule has 0 saturated carbocycles. The minimum absolute atomic E-state index is 0.759. The van der Waals surface area contributed by atoms with Gasteiger partial charge >= 0.3 is 0 Å². The smallest absolute Gasteiger partial charge is 0.0417 e. The Hall–Kier alpha value is -5.40. The summed E-state index contributed by atoms with van der Waals surface area (Å²) < 4.78 is 0. The van der Waals surface area contributed by atoms with Crippen molar-refractivity contribution < 1.29 is 0 Å². The van der Waals surface area contributed by atoms with E-state index in [0.717, 1.165) is 22.4 Å². The van der Waals surface area contributed by atoms with Crippen molar-refractivity contribution >= 4 is 38.0 Å². The van der Waals surface area contributed by atoms with Crippen LogP contribution in [0.3, 0.4) is 0 Å². The monoisotopic (exact) mass is 537 g/mol. The molecule has 7 aromatic carbocycles. The summed E-state index contributed by atoms with van der Waals surface area (Å²) in [5.74, 6) is 0. The second-order valence-corrected chi connectivity index (χ2v) is 10.9. The predicted molar refractivity (Wildman–Crippen MR) is 182 cm³/mol. The minimum atomic E-state index is 0.759. The third-order valence-corrected chi connectivity index (χ3v) is 8.38. The van der Waals surface area contributed by atoms with Gasteiger partial charge in [-0.05, 0) is 95.9 Å². The Bertz CT molecular complexity index is 2110. The molecule has 0 unspecified atom stereocenters. The zero-order chi connectivity index (χ0) is 28.6. The van der Waals surface area contributed by atoms with E-state index in [1.165, 1.54) is 60.1 Å². The Morgan fingerprint density at radius 3 is 1.60 bits per heavy atom. The van der Waals surface area contributed by atoms with Gasteiger partial charge in [-0.15, -0.1) is 0 Å². The Labute approximate surface area is 246 Å². The molecule has 0 aliphatic rings. The molecular weight excluding hydrogens is 506 g/mol. The maximum atomic E-state index is 6.33. The number of nitrogens with two attached hydrogens (primary N) is 1. The number of hydrogen-bond acceptors (Lipinski definition) is 1. The summed E-state index contributed by atoms with van der Waals surface area (Å²) in [7, 11) is 0. The first-order valence-corrected chi connectivity index (χ1v) is 14.3. The highest BCUT2D eigenvalue weighted by molar-refractivity contribution is 6.21. The third-order valence-electron chi connectivity index (χ3n) is 8.38. The average molecular weight is 538 g/mol. The first-order valence-electron chi connectivity index (χ1n) is 14.3. The average Bonchev–Trinajstić information content (AvgIpc) is 3.06. The summed E-state index contributed by atoms with van der Waals surface area (Å²) in [5, 5.41) is 7.54. The molecule has 0 heterocycles. The minimum Gasteiger partial charge on any atom is -0.398 e. The Morgan fingerprint density at radius 1 is 0.500 bits per heavy atom. The van der Waals surface area contributed by atoms with Crippen LogP contribution < -0.4 is 5.73 Å². The zero-order valence-electron chi connectivity index (χ0n) is 23.6. The normalized spacial score (nSPS) is 12.0. The first kappa shape index (κ1) is 25.6. The largest absolute Gasteiger partial charge is 0.398 e. The van der Waals surface area contributed by atoms with Gasteiger partial charge in [-0.3, -0.25) is 0 Å². The van der Waals surface area contributed by atoms with E-state index in [-0.39, 0.29) is 0 Å². The molecule has 0 aliphatic heterocycles. The lowest BCUT2D eigenvalue weighted by Crippen LogP contribution is -1.98. The maximum absolute atomic E-state index is 6.33. The molecule has 200 valence electrons. The van der Waals surface area contributed by atoms with Crippen LogP contribution in [0.2, 0.25) is 0 Å². The lowest BCUT2D eigenvalue weighted by Gasteiger charge is -2.18. The quantitative estimate of drug-likeness (QED) is 0.171. The lowest BCUT2D eigenvalue weighted by atomic mass is 9.85. The van der Waals surface area contributed by atoms with Crippen molar-refractivity contribution in [3.8, 4) is 33.4 Å². The fourth-order valence-corrected chi connectivity index (χ4v) is 6.13. The first-order chi connectivity index (χ1) is 20.6. The van der Waals surface area contributed by atoms with E-state index >= 15 is 0 Å². The van der Waals surface area contributed by atoms with Crippen LogP contribution in [0.25, 0.3) is 71.4 Å². The zero-order valence-corrected chi connectivity index (χ0v) is 23.6. The van der Waals surface area contributed by atoms with Gasteiger partial charge in [0, 0.05) is 5.70 Å². The van der Waals surface area contributed by atoms with Crippen molar-refractivity contribution in [2.75, 3.05) is 0 Å². The van der Waals surface area contributed by atoms with Gasteiger partial charge in [0.05, 0.1) is 0 Å². The highest BCUT2D eigenvalue weighted by atomic mass is 14.6. The number of allylic oxidation sites excluding steroid dienone is 2. The van der Waals surface area contributed by atoms with Crippen LogP contribution in [0, 0.1) is 0 Å². The summed E-state index contributed by atoms with van der Waals surface area (Å²) in [6.45, 7) is 5.84. The lowest BCUT2D eigenvalue weighted by molar-refractivity contribution is 1.42. The fraction of sp³-hybridized carbons (Fsp3) is 0.0244. The topological polar surface area (TPSA) is 26.0 Å². The summed E-state index contributed by atoms with van der Waals surface area (Å²) in [6.07, 6.45) is 1.80. The Balaban J connectivity index is 1.43. The molecule has 7 rings (SSSR count). The van der Waals surface area contributed by atoms with Crippen LogP contribution in [0.4, 0.5) is 0 Å². The van der Waals surface area contributed by atoms with Crippen LogP contribution >= 0.6 is 0 Å². The van der Waals surface area contributed by atoms with E-state index in [2.05, 4.69) is 146 Å². The Kier molecular flexibility index (Phi) is 6.41. The molecule has 0 aliphatic carbocycles. The summed E-state index contributed by atoms with van der Waals surface area (Å²) in [4.78, 5) is 0. The molecule has 0 atom stereocenters. The van der Waals surface area contributed by atoms with Crippen LogP contribution in [0.1, 0.15) is 12.5 Å². The van der Waals surface area contributed by atoms with Gasteiger partial charge in [0.2, 0.25) is 0 Å². The molecular formula is C41H31N. The molecule has 7 aromatic rings. The summed E-state index contributed by atoms with van der Waals surface area (Å²) in [5.41, 5.74) is 16.4. The van der Waals surface area contributed by atoms with E-state index in [0.29, 0.717) is 0 Å². The molecule has 0 amide bonds. The van der Waals surface area contributed by atoms with Gasteiger partial charge in [-0.25, -0.2) is 0 Å². The van der Waals surface area contributed by atoms with Crippen molar-refractivity contribution in [3.63, 3.8) is 0 Å². The summed E-state index contributed by atoms with van der Waals surface area (Å²) in [6, 6.07) is 50.4. The van der Waals surface area contributed by atoms with E-state index < -0.39 is 0 Å². The molecule has 0 radical (unpaired) electrons. The third kappa shape index (κ3) is 4.36. The summed E-state index contributed by atoms with van der Waals surface area (Å²) >= 11 is 0. The van der Waals surface area contributed by atoms with Crippen molar-refractivity contribution in [1.29, 1.82) is 0 Å². The molecule has 0 saturated heterocycles. The number of benzene rings is 7. The molecule has 1 heteroatoms.